The number of benzene rings is 1. The van der Waals surface area contributed by atoms with E-state index in [4.69, 9.17) is 16.3 Å². The molecule has 0 aromatic heterocycles. The number of ether oxygens (including phenoxy) is 1. The van der Waals surface area contributed by atoms with Crippen molar-refractivity contribution in [1.82, 2.24) is 5.32 Å². The second-order valence-corrected chi connectivity index (χ2v) is 5.68. The van der Waals surface area contributed by atoms with Crippen LogP contribution in [0.1, 0.15) is 50.7 Å². The molecule has 0 amide bonds. The zero-order valence-electron chi connectivity index (χ0n) is 11.7. The van der Waals surface area contributed by atoms with Crippen molar-refractivity contribution < 1.29 is 4.74 Å². The zero-order chi connectivity index (χ0) is 13.5. The summed E-state index contributed by atoms with van der Waals surface area (Å²) in [6.07, 6.45) is 6.24. The first-order chi connectivity index (χ1) is 9.31. The van der Waals surface area contributed by atoms with Gasteiger partial charge < -0.3 is 10.1 Å². The molecule has 0 saturated heterocycles. The van der Waals surface area contributed by atoms with Gasteiger partial charge in [-0.2, -0.15) is 0 Å². The molecule has 0 spiro atoms. The Morgan fingerprint density at radius 3 is 2.79 bits per heavy atom. The van der Waals surface area contributed by atoms with E-state index in [-0.39, 0.29) is 6.10 Å². The van der Waals surface area contributed by atoms with Gasteiger partial charge in [0.05, 0.1) is 6.10 Å². The summed E-state index contributed by atoms with van der Waals surface area (Å²) in [6.45, 7) is 3.89. The fourth-order valence-corrected chi connectivity index (χ4v) is 2.39. The third-order valence-corrected chi connectivity index (χ3v) is 3.83. The van der Waals surface area contributed by atoms with Gasteiger partial charge in [0.1, 0.15) is 0 Å². The van der Waals surface area contributed by atoms with Gasteiger partial charge in [-0.15, -0.1) is 0 Å². The molecule has 1 unspecified atom stereocenters. The summed E-state index contributed by atoms with van der Waals surface area (Å²) >= 11 is 6.28. The lowest BCUT2D eigenvalue weighted by molar-refractivity contribution is 0.0498. The number of unbranched alkanes of at least 4 members (excludes halogenated alkanes) is 2. The van der Waals surface area contributed by atoms with Gasteiger partial charge >= 0.3 is 0 Å². The van der Waals surface area contributed by atoms with Crippen LogP contribution >= 0.6 is 11.6 Å². The van der Waals surface area contributed by atoms with Crippen molar-refractivity contribution in [2.75, 3.05) is 13.2 Å². The van der Waals surface area contributed by atoms with Gasteiger partial charge in [-0.05, 0) is 25.3 Å². The Balaban J connectivity index is 1.90. The Kier molecular flexibility index (Phi) is 6.15. The lowest BCUT2D eigenvalue weighted by atomic mass is 10.1. The highest BCUT2D eigenvalue weighted by molar-refractivity contribution is 6.31. The van der Waals surface area contributed by atoms with Crippen LogP contribution in [0.4, 0.5) is 0 Å². The molecule has 0 radical (unpaired) electrons. The lowest BCUT2D eigenvalue weighted by Gasteiger charge is -2.20. The standard InChI is InChI=1S/C16H24ClNO/c1-2-3-6-11-19-16(12-18-13-9-10-13)14-7-4-5-8-15(14)17/h4-5,7-8,13,16,18H,2-3,6,9-12H2,1H3. The van der Waals surface area contributed by atoms with Crippen LogP contribution in [0.15, 0.2) is 24.3 Å². The molecular formula is C16H24ClNO. The van der Waals surface area contributed by atoms with Crippen molar-refractivity contribution in [1.29, 1.82) is 0 Å². The van der Waals surface area contributed by atoms with Gasteiger partial charge in [-0.1, -0.05) is 49.6 Å². The Morgan fingerprint density at radius 1 is 1.32 bits per heavy atom. The highest BCUT2D eigenvalue weighted by atomic mass is 35.5. The van der Waals surface area contributed by atoms with Crippen LogP contribution in [0.3, 0.4) is 0 Å². The summed E-state index contributed by atoms with van der Waals surface area (Å²) in [6, 6.07) is 8.71. The molecule has 1 aromatic rings. The molecule has 1 fully saturated rings. The average molecular weight is 282 g/mol. The Morgan fingerprint density at radius 2 is 2.11 bits per heavy atom. The van der Waals surface area contributed by atoms with Crippen LogP contribution in [0.2, 0.25) is 5.02 Å². The number of hydrogen-bond acceptors (Lipinski definition) is 2. The van der Waals surface area contributed by atoms with Gasteiger partial charge in [0, 0.05) is 29.8 Å². The van der Waals surface area contributed by atoms with Crippen LogP contribution in [0.5, 0.6) is 0 Å². The Hall–Kier alpha value is -0.570. The van der Waals surface area contributed by atoms with E-state index in [1.54, 1.807) is 0 Å². The van der Waals surface area contributed by atoms with Crippen LogP contribution in [-0.2, 0) is 4.74 Å². The van der Waals surface area contributed by atoms with Crippen molar-refractivity contribution in [3.63, 3.8) is 0 Å². The SMILES string of the molecule is CCCCCOC(CNC1CC1)c1ccccc1Cl. The minimum atomic E-state index is 0.0751. The van der Waals surface area contributed by atoms with Gasteiger partial charge in [0.25, 0.3) is 0 Å². The molecule has 0 heterocycles. The summed E-state index contributed by atoms with van der Waals surface area (Å²) < 4.78 is 6.04. The zero-order valence-corrected chi connectivity index (χ0v) is 12.5. The molecule has 0 bridgehead atoms. The fraction of sp³-hybridized carbons (Fsp3) is 0.625. The van der Waals surface area contributed by atoms with E-state index < -0.39 is 0 Å². The Bertz CT molecular complexity index is 379. The summed E-state index contributed by atoms with van der Waals surface area (Å²) in [5.41, 5.74) is 1.11. The second kappa shape index (κ2) is 7.88. The fourth-order valence-electron chi connectivity index (χ4n) is 2.13. The normalized spacial score (nSPS) is 16.5. The molecule has 1 aromatic carbocycles. The van der Waals surface area contributed by atoms with E-state index in [2.05, 4.69) is 18.3 Å². The van der Waals surface area contributed by atoms with E-state index in [9.17, 15) is 0 Å². The van der Waals surface area contributed by atoms with Gasteiger partial charge in [-0.3, -0.25) is 0 Å². The molecule has 3 heteroatoms. The number of halogens is 1. The predicted molar refractivity (Wildman–Crippen MR) is 80.7 cm³/mol. The second-order valence-electron chi connectivity index (χ2n) is 5.27. The largest absolute Gasteiger partial charge is 0.372 e. The van der Waals surface area contributed by atoms with Crippen molar-refractivity contribution in [2.24, 2.45) is 0 Å². The highest BCUT2D eigenvalue weighted by Gasteiger charge is 2.23. The lowest BCUT2D eigenvalue weighted by Crippen LogP contribution is -2.25. The first-order valence-electron chi connectivity index (χ1n) is 7.40. The van der Waals surface area contributed by atoms with Crippen LogP contribution in [0, 0.1) is 0 Å². The van der Waals surface area contributed by atoms with Gasteiger partial charge in [-0.25, -0.2) is 0 Å². The van der Waals surface area contributed by atoms with E-state index >= 15 is 0 Å². The van der Waals surface area contributed by atoms with E-state index in [0.717, 1.165) is 30.2 Å². The molecular weight excluding hydrogens is 258 g/mol. The maximum atomic E-state index is 6.28. The molecule has 1 aliphatic rings. The van der Waals surface area contributed by atoms with Crippen molar-refractivity contribution in [3.8, 4) is 0 Å². The minimum Gasteiger partial charge on any atom is -0.372 e. The molecule has 1 atom stereocenters. The van der Waals surface area contributed by atoms with Gasteiger partial charge in [0.2, 0.25) is 0 Å². The molecule has 106 valence electrons. The average Bonchev–Trinajstić information content (AvgIpc) is 3.23. The molecule has 2 rings (SSSR count). The maximum Gasteiger partial charge on any atom is 0.0963 e. The molecule has 1 saturated carbocycles. The molecule has 1 N–H and O–H groups in total. The van der Waals surface area contributed by atoms with E-state index in [1.165, 1.54) is 25.7 Å². The number of nitrogens with one attached hydrogen (secondary N) is 1. The number of hydrogen-bond donors (Lipinski definition) is 1. The Labute approximate surface area is 121 Å². The maximum absolute atomic E-state index is 6.28. The third-order valence-electron chi connectivity index (χ3n) is 3.49. The number of rotatable bonds is 9. The summed E-state index contributed by atoms with van der Waals surface area (Å²) in [4.78, 5) is 0. The van der Waals surface area contributed by atoms with Crippen LogP contribution in [-0.4, -0.2) is 19.2 Å². The molecule has 1 aliphatic carbocycles. The third kappa shape index (κ3) is 5.13. The molecule has 0 aliphatic heterocycles. The summed E-state index contributed by atoms with van der Waals surface area (Å²) in [7, 11) is 0. The minimum absolute atomic E-state index is 0.0751. The van der Waals surface area contributed by atoms with E-state index in [1.807, 2.05) is 18.2 Å². The monoisotopic (exact) mass is 281 g/mol. The first kappa shape index (κ1) is 14.8. The predicted octanol–water partition coefficient (Wildman–Crippen LogP) is 4.34. The first-order valence-corrected chi connectivity index (χ1v) is 7.78. The smallest absolute Gasteiger partial charge is 0.0963 e. The van der Waals surface area contributed by atoms with Gasteiger partial charge in [0.15, 0.2) is 0 Å². The molecule has 2 nitrogen and oxygen atoms in total. The topological polar surface area (TPSA) is 21.3 Å². The molecule has 19 heavy (non-hydrogen) atoms. The quantitative estimate of drug-likeness (QED) is 0.680. The summed E-state index contributed by atoms with van der Waals surface area (Å²) in [5.74, 6) is 0. The van der Waals surface area contributed by atoms with Crippen LogP contribution in [0.25, 0.3) is 0 Å². The van der Waals surface area contributed by atoms with Crippen molar-refractivity contribution in [3.05, 3.63) is 34.9 Å². The van der Waals surface area contributed by atoms with E-state index in [0.29, 0.717) is 6.04 Å². The van der Waals surface area contributed by atoms with Crippen molar-refractivity contribution >= 4 is 11.6 Å². The highest BCUT2D eigenvalue weighted by Crippen LogP contribution is 2.27. The van der Waals surface area contributed by atoms with Crippen molar-refractivity contribution in [2.45, 2.75) is 51.2 Å². The van der Waals surface area contributed by atoms with Crippen LogP contribution < -0.4 is 5.32 Å². The summed E-state index contributed by atoms with van der Waals surface area (Å²) in [5, 5.41) is 4.35.